The molecule has 1 aliphatic heterocycles. The minimum Gasteiger partial charge on any atom is -0.310 e. The molecule has 3 rings (SSSR count). The Kier molecular flexibility index (Phi) is 4.60. The first-order valence-electron chi connectivity index (χ1n) is 7.28. The van der Waals surface area contributed by atoms with Crippen molar-refractivity contribution >= 4 is 17.4 Å². The van der Waals surface area contributed by atoms with Gasteiger partial charge in [-0.25, -0.2) is 4.98 Å². The number of nitrogens with zero attached hydrogens (tertiary/aromatic N) is 3. The molecule has 20 heavy (non-hydrogen) atoms. The molecule has 108 valence electrons. The van der Waals surface area contributed by atoms with Crippen molar-refractivity contribution in [2.24, 2.45) is 0 Å². The minimum atomic E-state index is 0.888. The Balaban J connectivity index is 1.53. The summed E-state index contributed by atoms with van der Waals surface area (Å²) < 4.78 is 2.18. The number of pyridine rings is 1. The maximum Gasteiger partial charge on any atom is 0.137 e. The van der Waals surface area contributed by atoms with Crippen LogP contribution in [0, 0.1) is 6.92 Å². The van der Waals surface area contributed by atoms with Crippen molar-refractivity contribution in [3.05, 3.63) is 35.8 Å². The third-order valence-electron chi connectivity index (χ3n) is 3.83. The fourth-order valence-electron chi connectivity index (χ4n) is 2.65. The minimum absolute atomic E-state index is 0.888. The molecule has 0 unspecified atom stereocenters. The van der Waals surface area contributed by atoms with E-state index in [9.17, 15) is 0 Å². The van der Waals surface area contributed by atoms with Crippen molar-refractivity contribution in [3.8, 4) is 0 Å². The summed E-state index contributed by atoms with van der Waals surface area (Å²) in [7, 11) is 0. The van der Waals surface area contributed by atoms with Gasteiger partial charge in [-0.3, -0.25) is 0 Å². The molecule has 0 atom stereocenters. The first-order valence-corrected chi connectivity index (χ1v) is 8.43. The van der Waals surface area contributed by atoms with Crippen LogP contribution in [0.2, 0.25) is 0 Å². The topological polar surface area (TPSA) is 32.6 Å². The third kappa shape index (κ3) is 3.16. The zero-order chi connectivity index (χ0) is 13.8. The fraction of sp³-hybridized carbons (Fsp3) is 0.533. The van der Waals surface area contributed by atoms with E-state index in [0.29, 0.717) is 0 Å². The van der Waals surface area contributed by atoms with E-state index in [4.69, 9.17) is 0 Å². The van der Waals surface area contributed by atoms with Gasteiger partial charge in [0.2, 0.25) is 0 Å². The maximum atomic E-state index is 4.59. The lowest BCUT2D eigenvalue weighted by molar-refractivity contribution is 0.300. The molecule has 3 heterocycles. The van der Waals surface area contributed by atoms with Crippen molar-refractivity contribution in [2.45, 2.75) is 13.5 Å². The average molecular weight is 290 g/mol. The second kappa shape index (κ2) is 6.61. The van der Waals surface area contributed by atoms with Crippen molar-refractivity contribution in [2.75, 3.05) is 37.7 Å². The number of aromatic nitrogens is 2. The molecule has 4 nitrogen and oxygen atoms in total. The average Bonchev–Trinajstić information content (AvgIpc) is 2.80. The van der Waals surface area contributed by atoms with E-state index < -0.39 is 0 Å². The maximum absolute atomic E-state index is 4.59. The number of rotatable bonds is 5. The molecular weight excluding hydrogens is 268 g/mol. The lowest BCUT2D eigenvalue weighted by Crippen LogP contribution is -2.37. The van der Waals surface area contributed by atoms with Gasteiger partial charge in [-0.15, -0.1) is 0 Å². The summed E-state index contributed by atoms with van der Waals surface area (Å²) in [6, 6.07) is 6.15. The number of fused-ring (bicyclic) bond motifs is 1. The molecular formula is C15H22N4S. The van der Waals surface area contributed by atoms with Crippen LogP contribution in [0.25, 0.3) is 5.65 Å². The van der Waals surface area contributed by atoms with Crippen LogP contribution in [-0.4, -0.2) is 52.0 Å². The Morgan fingerprint density at radius 2 is 2.15 bits per heavy atom. The predicted molar refractivity (Wildman–Crippen MR) is 85.4 cm³/mol. The molecule has 0 spiro atoms. The Labute approximate surface area is 124 Å². The van der Waals surface area contributed by atoms with Gasteiger partial charge in [-0.05, 0) is 19.1 Å². The van der Waals surface area contributed by atoms with Crippen LogP contribution in [0.3, 0.4) is 0 Å². The highest BCUT2D eigenvalue weighted by molar-refractivity contribution is 7.99. The van der Waals surface area contributed by atoms with Crippen LogP contribution in [-0.2, 0) is 6.54 Å². The number of nitrogens with one attached hydrogen (secondary N) is 1. The SMILES string of the molecule is Cc1nc2ccccn2c1CNCCN1CCSCC1. The van der Waals surface area contributed by atoms with E-state index in [1.54, 1.807) is 0 Å². The largest absolute Gasteiger partial charge is 0.310 e. The molecule has 0 amide bonds. The normalized spacial score (nSPS) is 16.9. The fourth-order valence-corrected chi connectivity index (χ4v) is 3.62. The van der Waals surface area contributed by atoms with Crippen LogP contribution >= 0.6 is 11.8 Å². The summed E-state index contributed by atoms with van der Waals surface area (Å²) in [6.07, 6.45) is 2.09. The molecule has 0 saturated carbocycles. The van der Waals surface area contributed by atoms with Gasteiger partial charge in [0.05, 0.1) is 11.4 Å². The van der Waals surface area contributed by atoms with Crippen molar-refractivity contribution in [3.63, 3.8) is 0 Å². The number of hydrogen-bond donors (Lipinski definition) is 1. The van der Waals surface area contributed by atoms with E-state index in [1.165, 1.54) is 30.3 Å². The molecule has 1 saturated heterocycles. The summed E-state index contributed by atoms with van der Waals surface area (Å²) in [4.78, 5) is 7.14. The summed E-state index contributed by atoms with van der Waals surface area (Å²) in [5.74, 6) is 2.57. The highest BCUT2D eigenvalue weighted by Crippen LogP contribution is 2.11. The van der Waals surface area contributed by atoms with Crippen LogP contribution in [0.15, 0.2) is 24.4 Å². The number of aryl methyl sites for hydroxylation is 1. The summed E-state index contributed by atoms with van der Waals surface area (Å²) in [5.41, 5.74) is 3.43. The molecule has 0 aromatic carbocycles. The molecule has 0 bridgehead atoms. The molecule has 1 N–H and O–H groups in total. The van der Waals surface area contributed by atoms with Gasteiger partial charge in [0.15, 0.2) is 0 Å². The van der Waals surface area contributed by atoms with E-state index in [2.05, 4.69) is 56.6 Å². The van der Waals surface area contributed by atoms with Gasteiger partial charge in [-0.2, -0.15) is 11.8 Å². The highest BCUT2D eigenvalue weighted by atomic mass is 32.2. The first kappa shape index (κ1) is 13.9. The second-order valence-corrected chi connectivity index (χ2v) is 6.43. The summed E-state index contributed by atoms with van der Waals surface area (Å²) in [6.45, 7) is 7.65. The summed E-state index contributed by atoms with van der Waals surface area (Å²) in [5, 5.41) is 3.56. The van der Waals surface area contributed by atoms with E-state index in [0.717, 1.165) is 31.0 Å². The van der Waals surface area contributed by atoms with Crippen LogP contribution in [0.1, 0.15) is 11.4 Å². The number of imidazole rings is 1. The zero-order valence-electron chi connectivity index (χ0n) is 12.0. The van der Waals surface area contributed by atoms with Crippen molar-refractivity contribution < 1.29 is 0 Å². The van der Waals surface area contributed by atoms with Crippen molar-refractivity contribution in [1.29, 1.82) is 0 Å². The molecule has 1 aliphatic rings. The predicted octanol–water partition coefficient (Wildman–Crippen LogP) is 1.78. The lowest BCUT2D eigenvalue weighted by atomic mass is 10.3. The Hall–Kier alpha value is -1.04. The number of hydrogen-bond acceptors (Lipinski definition) is 4. The lowest BCUT2D eigenvalue weighted by Gasteiger charge is -2.26. The van der Waals surface area contributed by atoms with Gasteiger partial charge in [-0.1, -0.05) is 6.07 Å². The summed E-state index contributed by atoms with van der Waals surface area (Å²) >= 11 is 2.07. The quantitative estimate of drug-likeness (QED) is 0.851. The van der Waals surface area contributed by atoms with Gasteiger partial charge in [0.1, 0.15) is 5.65 Å². The van der Waals surface area contributed by atoms with Gasteiger partial charge in [0.25, 0.3) is 0 Å². The van der Waals surface area contributed by atoms with Gasteiger partial charge >= 0.3 is 0 Å². The smallest absolute Gasteiger partial charge is 0.137 e. The molecule has 5 heteroatoms. The Morgan fingerprint density at radius 1 is 1.30 bits per heavy atom. The highest BCUT2D eigenvalue weighted by Gasteiger charge is 2.10. The van der Waals surface area contributed by atoms with Crippen LogP contribution in [0.4, 0.5) is 0 Å². The van der Waals surface area contributed by atoms with Crippen LogP contribution < -0.4 is 5.32 Å². The molecule has 2 aromatic rings. The van der Waals surface area contributed by atoms with Gasteiger partial charge in [0, 0.05) is 50.4 Å². The standard InChI is InChI=1S/C15H22N4S/c1-13-14(19-6-3-2-4-15(19)17-13)12-16-5-7-18-8-10-20-11-9-18/h2-4,6,16H,5,7-12H2,1H3. The van der Waals surface area contributed by atoms with Crippen molar-refractivity contribution in [1.82, 2.24) is 19.6 Å². The number of thioether (sulfide) groups is 1. The van der Waals surface area contributed by atoms with Crippen LogP contribution in [0.5, 0.6) is 0 Å². The molecule has 0 aliphatic carbocycles. The molecule has 0 radical (unpaired) electrons. The molecule has 2 aromatic heterocycles. The Bertz CT molecular complexity index is 560. The van der Waals surface area contributed by atoms with E-state index in [1.807, 2.05) is 6.07 Å². The Morgan fingerprint density at radius 3 is 3.00 bits per heavy atom. The van der Waals surface area contributed by atoms with E-state index in [-0.39, 0.29) is 0 Å². The van der Waals surface area contributed by atoms with Gasteiger partial charge < -0.3 is 14.6 Å². The monoisotopic (exact) mass is 290 g/mol. The second-order valence-electron chi connectivity index (χ2n) is 5.20. The zero-order valence-corrected chi connectivity index (χ0v) is 12.8. The van der Waals surface area contributed by atoms with E-state index >= 15 is 0 Å². The third-order valence-corrected chi connectivity index (χ3v) is 4.77. The molecule has 1 fully saturated rings. The first-order chi connectivity index (χ1) is 9.84.